The molecular formula is C22H34N6O7. The first-order chi connectivity index (χ1) is 16.6. The second-order valence-corrected chi connectivity index (χ2v) is 9.01. The van der Waals surface area contributed by atoms with Crippen molar-refractivity contribution in [2.24, 2.45) is 5.92 Å². The van der Waals surface area contributed by atoms with Gasteiger partial charge in [-0.1, -0.05) is 13.8 Å². The minimum Gasteiger partial charge on any atom is -0.481 e. The molecule has 35 heavy (non-hydrogen) atoms. The maximum Gasteiger partial charge on any atom is 0.326 e. The molecule has 194 valence electrons. The van der Waals surface area contributed by atoms with Gasteiger partial charge in [0.25, 0.3) is 0 Å². The average molecular weight is 495 g/mol. The predicted molar refractivity (Wildman–Crippen MR) is 123 cm³/mol. The molecule has 1 aromatic rings. The molecule has 2 rings (SSSR count). The van der Waals surface area contributed by atoms with E-state index in [1.165, 1.54) is 12.5 Å². The van der Waals surface area contributed by atoms with Crippen molar-refractivity contribution in [3.63, 3.8) is 0 Å². The van der Waals surface area contributed by atoms with Gasteiger partial charge in [0.2, 0.25) is 17.7 Å². The van der Waals surface area contributed by atoms with Crippen molar-refractivity contribution in [2.45, 2.75) is 76.5 Å². The highest BCUT2D eigenvalue weighted by molar-refractivity contribution is 5.94. The quantitative estimate of drug-likeness (QED) is 0.172. The molecule has 0 spiro atoms. The van der Waals surface area contributed by atoms with Gasteiger partial charge < -0.3 is 36.5 Å². The van der Waals surface area contributed by atoms with Crippen LogP contribution >= 0.6 is 0 Å². The molecule has 1 aliphatic heterocycles. The van der Waals surface area contributed by atoms with Crippen LogP contribution in [0.15, 0.2) is 12.5 Å². The normalized spacial score (nSPS) is 17.9. The third-order valence-corrected chi connectivity index (χ3v) is 5.59. The van der Waals surface area contributed by atoms with Crippen LogP contribution in [0.1, 0.15) is 51.6 Å². The Kier molecular flexibility index (Phi) is 10.6. The van der Waals surface area contributed by atoms with Crippen molar-refractivity contribution >= 4 is 29.7 Å². The monoisotopic (exact) mass is 494 g/mol. The Labute approximate surface area is 202 Å². The van der Waals surface area contributed by atoms with E-state index in [4.69, 9.17) is 5.11 Å². The lowest BCUT2D eigenvalue weighted by atomic mass is 10.0. The third kappa shape index (κ3) is 9.35. The minimum absolute atomic E-state index is 0.0262. The number of H-pyrrole nitrogens is 1. The molecule has 1 aromatic heterocycles. The molecule has 0 bridgehead atoms. The molecule has 4 atom stereocenters. The molecule has 13 nitrogen and oxygen atoms in total. The van der Waals surface area contributed by atoms with E-state index in [1.807, 2.05) is 0 Å². The Morgan fingerprint density at radius 2 is 1.74 bits per heavy atom. The van der Waals surface area contributed by atoms with Gasteiger partial charge in [-0.05, 0) is 38.1 Å². The van der Waals surface area contributed by atoms with Crippen molar-refractivity contribution in [3.05, 3.63) is 18.2 Å². The van der Waals surface area contributed by atoms with Gasteiger partial charge in [-0.15, -0.1) is 0 Å². The van der Waals surface area contributed by atoms with Crippen molar-refractivity contribution in [3.8, 4) is 0 Å². The Morgan fingerprint density at radius 3 is 2.29 bits per heavy atom. The average Bonchev–Trinajstić information content (AvgIpc) is 3.49. The highest BCUT2D eigenvalue weighted by atomic mass is 16.4. The Balaban J connectivity index is 2.16. The summed E-state index contributed by atoms with van der Waals surface area (Å²) in [6.45, 7) is 4.29. The summed E-state index contributed by atoms with van der Waals surface area (Å²) in [6, 6.07) is -4.01. The third-order valence-electron chi connectivity index (χ3n) is 5.59. The summed E-state index contributed by atoms with van der Waals surface area (Å²) in [7, 11) is 0. The molecule has 0 radical (unpaired) electrons. The van der Waals surface area contributed by atoms with E-state index in [0.29, 0.717) is 18.7 Å². The number of aromatic amines is 1. The number of nitrogens with zero attached hydrogens (tertiary/aromatic N) is 1. The molecule has 2 heterocycles. The molecule has 13 heteroatoms. The smallest absolute Gasteiger partial charge is 0.326 e. The number of hydrogen-bond donors (Lipinski definition) is 7. The van der Waals surface area contributed by atoms with Crippen molar-refractivity contribution in [1.82, 2.24) is 31.2 Å². The minimum atomic E-state index is -1.31. The first-order valence-electron chi connectivity index (χ1n) is 11.6. The Morgan fingerprint density at radius 1 is 1.06 bits per heavy atom. The first kappa shape index (κ1) is 27.8. The standard InChI is InChI=1S/C22H34N6O7/c1-12(2)8-17(22(34)35)28-20(32)15(5-6-18(29)30)26-21(33)16(9-13-10-23-11-25-13)27-19(31)14-4-3-7-24-14/h10-12,14-17,24H,3-9H2,1-2H3,(H,23,25)(H,26,33)(H,27,31)(H,28,32)(H,29,30)(H,34,35). The van der Waals surface area contributed by atoms with E-state index in [-0.39, 0.29) is 31.1 Å². The second kappa shape index (κ2) is 13.4. The summed E-state index contributed by atoms with van der Waals surface area (Å²) in [5, 5.41) is 29.1. The number of rotatable bonds is 14. The number of imidazole rings is 1. The van der Waals surface area contributed by atoms with Crippen LogP contribution in [0, 0.1) is 5.92 Å². The topological polar surface area (TPSA) is 203 Å². The zero-order valence-corrected chi connectivity index (χ0v) is 19.9. The van der Waals surface area contributed by atoms with Crippen LogP contribution in [0.25, 0.3) is 0 Å². The lowest BCUT2D eigenvalue weighted by Crippen LogP contribution is -2.57. The summed E-state index contributed by atoms with van der Waals surface area (Å²) in [4.78, 5) is 68.1. The fourth-order valence-electron chi connectivity index (χ4n) is 3.78. The van der Waals surface area contributed by atoms with E-state index in [2.05, 4.69) is 31.2 Å². The van der Waals surface area contributed by atoms with Gasteiger partial charge in [0.05, 0.1) is 12.4 Å². The van der Waals surface area contributed by atoms with Crippen molar-refractivity contribution in [2.75, 3.05) is 6.54 Å². The number of carboxylic acids is 2. The summed E-state index contributed by atoms with van der Waals surface area (Å²) in [5.41, 5.74) is 0.569. The van der Waals surface area contributed by atoms with Crippen LogP contribution in [0.4, 0.5) is 0 Å². The van der Waals surface area contributed by atoms with E-state index in [0.717, 1.165) is 6.42 Å². The van der Waals surface area contributed by atoms with Crippen LogP contribution in [0.3, 0.4) is 0 Å². The number of nitrogens with one attached hydrogen (secondary N) is 5. The molecule has 7 N–H and O–H groups in total. The zero-order valence-electron chi connectivity index (χ0n) is 19.9. The van der Waals surface area contributed by atoms with Gasteiger partial charge in [-0.3, -0.25) is 19.2 Å². The van der Waals surface area contributed by atoms with E-state index in [1.54, 1.807) is 13.8 Å². The molecule has 0 saturated carbocycles. The van der Waals surface area contributed by atoms with Crippen LogP contribution in [-0.4, -0.2) is 80.6 Å². The van der Waals surface area contributed by atoms with Crippen LogP contribution in [-0.2, 0) is 30.4 Å². The summed E-state index contributed by atoms with van der Waals surface area (Å²) >= 11 is 0. The molecule has 0 aliphatic carbocycles. The van der Waals surface area contributed by atoms with Crippen molar-refractivity contribution < 1.29 is 34.2 Å². The molecule has 1 fully saturated rings. The number of hydrogen-bond acceptors (Lipinski definition) is 7. The van der Waals surface area contributed by atoms with Gasteiger partial charge in [0, 0.05) is 24.7 Å². The molecule has 0 aromatic carbocycles. The Hall–Kier alpha value is -3.48. The van der Waals surface area contributed by atoms with Gasteiger partial charge >= 0.3 is 11.9 Å². The van der Waals surface area contributed by atoms with Gasteiger partial charge in [0.1, 0.15) is 18.1 Å². The summed E-state index contributed by atoms with van der Waals surface area (Å²) in [6.07, 6.45) is 3.91. The lowest BCUT2D eigenvalue weighted by Gasteiger charge is -2.25. The lowest BCUT2D eigenvalue weighted by molar-refractivity contribution is -0.143. The molecule has 1 aliphatic rings. The molecular weight excluding hydrogens is 460 g/mol. The predicted octanol–water partition coefficient (Wildman–Crippen LogP) is -0.846. The van der Waals surface area contributed by atoms with E-state index < -0.39 is 54.3 Å². The van der Waals surface area contributed by atoms with E-state index in [9.17, 15) is 29.1 Å². The van der Waals surface area contributed by atoms with Gasteiger partial charge in [0.15, 0.2) is 0 Å². The SMILES string of the molecule is CC(C)CC(NC(=O)C(CCC(=O)O)NC(=O)C(Cc1cnc[nH]1)NC(=O)C1CCCN1)C(=O)O. The first-order valence-corrected chi connectivity index (χ1v) is 11.6. The zero-order chi connectivity index (χ0) is 26.0. The molecule has 3 amide bonds. The van der Waals surface area contributed by atoms with Crippen LogP contribution in [0.5, 0.6) is 0 Å². The number of carbonyl (C=O) groups is 5. The Bertz CT molecular complexity index is 883. The number of carboxylic acid groups (broad SMARTS) is 2. The van der Waals surface area contributed by atoms with Crippen molar-refractivity contribution in [1.29, 1.82) is 0 Å². The summed E-state index contributed by atoms with van der Waals surface area (Å²) in [5.74, 6) is -4.31. The summed E-state index contributed by atoms with van der Waals surface area (Å²) < 4.78 is 0. The van der Waals surface area contributed by atoms with E-state index >= 15 is 0 Å². The maximum absolute atomic E-state index is 13.2. The van der Waals surface area contributed by atoms with Gasteiger partial charge in [-0.2, -0.15) is 0 Å². The number of carbonyl (C=O) groups excluding carboxylic acids is 3. The molecule has 1 saturated heterocycles. The fraction of sp³-hybridized carbons (Fsp3) is 0.636. The van der Waals surface area contributed by atoms with Gasteiger partial charge in [-0.25, -0.2) is 9.78 Å². The molecule has 4 unspecified atom stereocenters. The number of aromatic nitrogens is 2. The number of aliphatic carboxylic acids is 2. The maximum atomic E-state index is 13.2. The van der Waals surface area contributed by atoms with Crippen LogP contribution in [0.2, 0.25) is 0 Å². The highest BCUT2D eigenvalue weighted by Crippen LogP contribution is 2.09. The largest absolute Gasteiger partial charge is 0.481 e. The highest BCUT2D eigenvalue weighted by Gasteiger charge is 2.32. The number of amides is 3. The fourth-order valence-corrected chi connectivity index (χ4v) is 3.78. The van der Waals surface area contributed by atoms with Crippen LogP contribution < -0.4 is 21.3 Å². The second-order valence-electron chi connectivity index (χ2n) is 9.01.